The predicted molar refractivity (Wildman–Crippen MR) is 54.8 cm³/mol. The van der Waals surface area contributed by atoms with Crippen LogP contribution in [-0.2, 0) is 6.54 Å². The highest BCUT2D eigenvalue weighted by Gasteiger charge is 2.07. The smallest absolute Gasteiger partial charge is 0.122 e. The highest BCUT2D eigenvalue weighted by atomic mass is 16.3. The van der Waals surface area contributed by atoms with E-state index < -0.39 is 0 Å². The lowest BCUT2D eigenvalue weighted by atomic mass is 9.97. The van der Waals surface area contributed by atoms with Gasteiger partial charge in [-0.05, 0) is 24.0 Å². The molecule has 0 aliphatic rings. The summed E-state index contributed by atoms with van der Waals surface area (Å²) < 4.78 is 0. The first-order valence-corrected chi connectivity index (χ1v) is 4.58. The topological polar surface area (TPSA) is 46.2 Å². The second-order valence-corrected chi connectivity index (χ2v) is 3.70. The van der Waals surface area contributed by atoms with Crippen LogP contribution in [0.2, 0.25) is 0 Å². The fourth-order valence-corrected chi connectivity index (χ4v) is 1.37. The lowest BCUT2D eigenvalue weighted by molar-refractivity contribution is 0.463. The molecule has 0 aliphatic heterocycles. The number of benzene rings is 1. The van der Waals surface area contributed by atoms with Gasteiger partial charge in [0, 0.05) is 12.1 Å². The summed E-state index contributed by atoms with van der Waals surface area (Å²) in [4.78, 5) is 0. The van der Waals surface area contributed by atoms with E-state index in [4.69, 9.17) is 5.73 Å². The highest BCUT2D eigenvalue weighted by Crippen LogP contribution is 2.26. The molecular formula is C11H17NO. The summed E-state index contributed by atoms with van der Waals surface area (Å²) in [7, 11) is 0. The normalized spacial score (nSPS) is 10.8. The maximum Gasteiger partial charge on any atom is 0.122 e. The minimum absolute atomic E-state index is 0.340. The first-order chi connectivity index (χ1) is 6.06. The van der Waals surface area contributed by atoms with Crippen molar-refractivity contribution in [2.24, 2.45) is 5.73 Å². The first-order valence-electron chi connectivity index (χ1n) is 4.58. The van der Waals surface area contributed by atoms with Crippen LogP contribution in [0, 0.1) is 6.92 Å². The molecule has 0 unspecified atom stereocenters. The van der Waals surface area contributed by atoms with Gasteiger partial charge in [-0.15, -0.1) is 0 Å². The van der Waals surface area contributed by atoms with Gasteiger partial charge in [-0.1, -0.05) is 26.0 Å². The fraction of sp³-hybridized carbons (Fsp3) is 0.455. The molecule has 0 spiro atoms. The van der Waals surface area contributed by atoms with Gasteiger partial charge in [-0.3, -0.25) is 0 Å². The van der Waals surface area contributed by atoms with Crippen LogP contribution in [0.5, 0.6) is 5.75 Å². The van der Waals surface area contributed by atoms with E-state index >= 15 is 0 Å². The Labute approximate surface area is 79.4 Å². The zero-order chi connectivity index (χ0) is 10.0. The van der Waals surface area contributed by atoms with Gasteiger partial charge in [0.15, 0.2) is 0 Å². The Kier molecular flexibility index (Phi) is 2.94. The number of rotatable bonds is 2. The molecule has 2 nitrogen and oxygen atoms in total. The Morgan fingerprint density at radius 1 is 1.38 bits per heavy atom. The minimum atomic E-state index is 0.340. The van der Waals surface area contributed by atoms with Gasteiger partial charge in [-0.25, -0.2) is 0 Å². The van der Waals surface area contributed by atoms with Crippen molar-refractivity contribution < 1.29 is 5.11 Å². The van der Waals surface area contributed by atoms with Crippen molar-refractivity contribution in [3.63, 3.8) is 0 Å². The van der Waals surface area contributed by atoms with E-state index in [2.05, 4.69) is 13.8 Å². The molecule has 2 heteroatoms. The van der Waals surface area contributed by atoms with Crippen LogP contribution < -0.4 is 5.73 Å². The summed E-state index contributed by atoms with van der Waals surface area (Å²) in [6.07, 6.45) is 0. The van der Waals surface area contributed by atoms with Crippen molar-refractivity contribution in [1.82, 2.24) is 0 Å². The van der Waals surface area contributed by atoms with Crippen molar-refractivity contribution in [2.75, 3.05) is 0 Å². The van der Waals surface area contributed by atoms with Crippen molar-refractivity contribution >= 4 is 0 Å². The van der Waals surface area contributed by atoms with Gasteiger partial charge < -0.3 is 10.8 Å². The van der Waals surface area contributed by atoms with E-state index in [1.807, 2.05) is 19.1 Å². The molecule has 0 heterocycles. The molecule has 0 atom stereocenters. The van der Waals surface area contributed by atoms with E-state index in [9.17, 15) is 5.11 Å². The maximum absolute atomic E-state index is 9.62. The molecule has 0 radical (unpaired) electrons. The molecule has 0 aromatic heterocycles. The van der Waals surface area contributed by atoms with Crippen molar-refractivity contribution in [3.8, 4) is 5.75 Å². The summed E-state index contributed by atoms with van der Waals surface area (Å²) >= 11 is 0. The summed E-state index contributed by atoms with van der Waals surface area (Å²) in [5.41, 5.74) is 8.51. The summed E-state index contributed by atoms with van der Waals surface area (Å²) in [6, 6.07) is 3.99. The number of hydrogen-bond acceptors (Lipinski definition) is 2. The highest BCUT2D eigenvalue weighted by molar-refractivity contribution is 5.43. The lowest BCUT2D eigenvalue weighted by Crippen LogP contribution is -2.00. The van der Waals surface area contributed by atoms with Gasteiger partial charge >= 0.3 is 0 Å². The van der Waals surface area contributed by atoms with Crippen molar-refractivity contribution in [1.29, 1.82) is 0 Å². The molecule has 0 bridgehead atoms. The Hall–Kier alpha value is -1.02. The molecule has 1 aromatic rings. The molecule has 0 fully saturated rings. The van der Waals surface area contributed by atoms with Crippen LogP contribution in [0.4, 0.5) is 0 Å². The molecule has 0 aliphatic carbocycles. The fourth-order valence-electron chi connectivity index (χ4n) is 1.37. The number of aromatic hydroxyl groups is 1. The molecule has 3 N–H and O–H groups in total. The largest absolute Gasteiger partial charge is 0.507 e. The van der Waals surface area contributed by atoms with Crippen LogP contribution in [-0.4, -0.2) is 5.11 Å². The standard InChI is InChI=1S/C11H17NO/c1-7(2)9-4-8(3)11(13)10(5-9)6-12/h4-5,7,13H,6,12H2,1-3H3. The second-order valence-electron chi connectivity index (χ2n) is 3.70. The molecule has 0 saturated carbocycles. The van der Waals surface area contributed by atoms with Gasteiger partial charge in [-0.2, -0.15) is 0 Å². The average molecular weight is 179 g/mol. The number of hydrogen-bond donors (Lipinski definition) is 2. The van der Waals surface area contributed by atoms with Gasteiger partial charge in [0.1, 0.15) is 5.75 Å². The third kappa shape index (κ3) is 2.01. The third-order valence-corrected chi connectivity index (χ3v) is 2.29. The first kappa shape index (κ1) is 10.1. The molecule has 1 aromatic carbocycles. The summed E-state index contributed by atoms with van der Waals surface area (Å²) in [5.74, 6) is 0.816. The van der Waals surface area contributed by atoms with Crippen LogP contribution in [0.15, 0.2) is 12.1 Å². The Morgan fingerprint density at radius 3 is 2.46 bits per heavy atom. The third-order valence-electron chi connectivity index (χ3n) is 2.29. The molecule has 1 rings (SSSR count). The second kappa shape index (κ2) is 3.79. The number of phenols is 1. The van der Waals surface area contributed by atoms with E-state index in [1.165, 1.54) is 5.56 Å². The molecule has 0 amide bonds. The SMILES string of the molecule is Cc1cc(C(C)C)cc(CN)c1O. The van der Waals surface area contributed by atoms with Crippen LogP contribution in [0.1, 0.15) is 36.5 Å². The van der Waals surface area contributed by atoms with Crippen LogP contribution in [0.3, 0.4) is 0 Å². The van der Waals surface area contributed by atoms with E-state index in [0.717, 1.165) is 11.1 Å². The zero-order valence-electron chi connectivity index (χ0n) is 8.46. The van der Waals surface area contributed by atoms with Gasteiger partial charge in [0.25, 0.3) is 0 Å². The zero-order valence-corrected chi connectivity index (χ0v) is 8.46. The quantitative estimate of drug-likeness (QED) is 0.731. The predicted octanol–water partition coefficient (Wildman–Crippen LogP) is 2.28. The summed E-state index contributed by atoms with van der Waals surface area (Å²) in [5, 5.41) is 9.62. The van der Waals surface area contributed by atoms with E-state index in [-0.39, 0.29) is 0 Å². The van der Waals surface area contributed by atoms with Crippen LogP contribution in [0.25, 0.3) is 0 Å². The van der Waals surface area contributed by atoms with Gasteiger partial charge in [0.2, 0.25) is 0 Å². The Morgan fingerprint density at radius 2 is 2.00 bits per heavy atom. The lowest BCUT2D eigenvalue weighted by Gasteiger charge is -2.11. The van der Waals surface area contributed by atoms with E-state index in [1.54, 1.807) is 0 Å². The van der Waals surface area contributed by atoms with Crippen molar-refractivity contribution in [3.05, 3.63) is 28.8 Å². The Balaban J connectivity index is 3.22. The van der Waals surface area contributed by atoms with Crippen LogP contribution >= 0.6 is 0 Å². The number of phenolic OH excluding ortho intramolecular Hbond substituents is 1. The maximum atomic E-state index is 9.62. The Bertz CT molecular complexity index is 305. The minimum Gasteiger partial charge on any atom is -0.507 e. The number of nitrogens with two attached hydrogens (primary N) is 1. The van der Waals surface area contributed by atoms with Crippen molar-refractivity contribution in [2.45, 2.75) is 33.2 Å². The molecule has 13 heavy (non-hydrogen) atoms. The number of aryl methyl sites for hydroxylation is 1. The average Bonchev–Trinajstić information content (AvgIpc) is 2.09. The summed E-state index contributed by atoms with van der Waals surface area (Å²) in [6.45, 7) is 6.56. The van der Waals surface area contributed by atoms with E-state index in [0.29, 0.717) is 18.2 Å². The molecule has 0 saturated heterocycles. The molecule has 72 valence electrons. The molecular weight excluding hydrogens is 162 g/mol. The monoisotopic (exact) mass is 179 g/mol. The van der Waals surface area contributed by atoms with Gasteiger partial charge in [0.05, 0.1) is 0 Å².